The number of carbonyl (C=O) groups excluding carboxylic acids is 3. The highest BCUT2D eigenvalue weighted by atomic mass is 16.2. The Morgan fingerprint density at radius 1 is 0.833 bits per heavy atom. The standard InChI is InChI=1S/C15H20N6O3/c22-11-18-1-5-20(6-2-18)14(24)13-9-16-15(17-10-13)21-7-3-19(12-23)4-8-21/h9-12H,1-8H2. The lowest BCUT2D eigenvalue weighted by Crippen LogP contribution is -2.48. The van der Waals surface area contributed by atoms with Gasteiger partial charge in [-0.2, -0.15) is 0 Å². The number of hydrogen-bond acceptors (Lipinski definition) is 6. The molecule has 0 saturated carbocycles. The highest BCUT2D eigenvalue weighted by molar-refractivity contribution is 5.93. The molecule has 2 fully saturated rings. The van der Waals surface area contributed by atoms with Gasteiger partial charge in [0.1, 0.15) is 0 Å². The van der Waals surface area contributed by atoms with Gasteiger partial charge in [0.25, 0.3) is 5.91 Å². The molecule has 3 amide bonds. The van der Waals surface area contributed by atoms with E-state index in [4.69, 9.17) is 0 Å². The summed E-state index contributed by atoms with van der Waals surface area (Å²) < 4.78 is 0. The number of hydrogen-bond donors (Lipinski definition) is 0. The number of rotatable bonds is 4. The van der Waals surface area contributed by atoms with Crippen LogP contribution in [0.4, 0.5) is 5.95 Å². The summed E-state index contributed by atoms with van der Waals surface area (Å²) in [6.45, 7) is 4.80. The SMILES string of the molecule is O=CN1CCN(C(=O)c2cnc(N3CCN(C=O)CC3)nc2)CC1. The lowest BCUT2D eigenvalue weighted by molar-refractivity contribution is -0.119. The van der Waals surface area contributed by atoms with Crippen LogP contribution in [0.15, 0.2) is 12.4 Å². The maximum absolute atomic E-state index is 12.4. The van der Waals surface area contributed by atoms with Gasteiger partial charge in [-0.3, -0.25) is 14.4 Å². The number of amides is 3. The fraction of sp³-hybridized carbons (Fsp3) is 0.533. The maximum atomic E-state index is 12.4. The molecule has 1 aromatic rings. The molecule has 0 atom stereocenters. The number of carbonyl (C=O) groups is 3. The summed E-state index contributed by atoms with van der Waals surface area (Å²) in [6, 6.07) is 0. The van der Waals surface area contributed by atoms with E-state index in [-0.39, 0.29) is 5.91 Å². The normalized spacial score (nSPS) is 18.5. The van der Waals surface area contributed by atoms with Crippen molar-refractivity contribution in [2.75, 3.05) is 57.3 Å². The summed E-state index contributed by atoms with van der Waals surface area (Å²) >= 11 is 0. The quantitative estimate of drug-likeness (QED) is 0.635. The predicted molar refractivity (Wildman–Crippen MR) is 85.4 cm³/mol. The van der Waals surface area contributed by atoms with Crippen LogP contribution in [0, 0.1) is 0 Å². The second-order valence-electron chi connectivity index (χ2n) is 5.83. The summed E-state index contributed by atoms with van der Waals surface area (Å²) in [5, 5.41) is 0. The molecule has 0 bridgehead atoms. The zero-order chi connectivity index (χ0) is 16.9. The summed E-state index contributed by atoms with van der Waals surface area (Å²) in [7, 11) is 0. The van der Waals surface area contributed by atoms with E-state index >= 15 is 0 Å². The van der Waals surface area contributed by atoms with Crippen LogP contribution >= 0.6 is 0 Å². The monoisotopic (exact) mass is 332 g/mol. The summed E-state index contributed by atoms with van der Waals surface area (Å²) in [5.41, 5.74) is 0.449. The third kappa shape index (κ3) is 3.44. The highest BCUT2D eigenvalue weighted by Crippen LogP contribution is 2.12. The van der Waals surface area contributed by atoms with Crippen molar-refractivity contribution in [1.82, 2.24) is 24.7 Å². The number of anilines is 1. The zero-order valence-electron chi connectivity index (χ0n) is 13.4. The third-order valence-electron chi connectivity index (χ3n) is 4.38. The minimum absolute atomic E-state index is 0.113. The van der Waals surface area contributed by atoms with Gasteiger partial charge >= 0.3 is 0 Å². The Morgan fingerprint density at radius 2 is 1.33 bits per heavy atom. The van der Waals surface area contributed by atoms with Crippen LogP contribution in [0.1, 0.15) is 10.4 Å². The van der Waals surface area contributed by atoms with Gasteiger partial charge in [0.2, 0.25) is 18.8 Å². The van der Waals surface area contributed by atoms with E-state index in [0.717, 1.165) is 12.8 Å². The molecule has 0 N–H and O–H groups in total. The van der Waals surface area contributed by atoms with Crippen molar-refractivity contribution in [2.45, 2.75) is 0 Å². The average Bonchev–Trinajstić information content (AvgIpc) is 2.68. The first-order chi connectivity index (χ1) is 11.7. The molecule has 3 heterocycles. The number of piperazine rings is 2. The zero-order valence-corrected chi connectivity index (χ0v) is 13.4. The van der Waals surface area contributed by atoms with Gasteiger partial charge < -0.3 is 19.6 Å². The average molecular weight is 332 g/mol. The second-order valence-corrected chi connectivity index (χ2v) is 5.83. The first kappa shape index (κ1) is 16.2. The molecule has 0 radical (unpaired) electrons. The minimum Gasteiger partial charge on any atom is -0.342 e. The predicted octanol–water partition coefficient (Wildman–Crippen LogP) is -1.33. The molecule has 9 heteroatoms. The largest absolute Gasteiger partial charge is 0.342 e. The topological polar surface area (TPSA) is 90.0 Å². The van der Waals surface area contributed by atoms with Crippen LogP contribution in [-0.4, -0.2) is 95.8 Å². The van der Waals surface area contributed by atoms with Crippen LogP contribution in [0.3, 0.4) is 0 Å². The molecule has 9 nitrogen and oxygen atoms in total. The molecule has 128 valence electrons. The molecule has 2 aliphatic heterocycles. The Hall–Kier alpha value is -2.71. The number of aromatic nitrogens is 2. The second kappa shape index (κ2) is 7.24. The molecule has 1 aromatic heterocycles. The summed E-state index contributed by atoms with van der Waals surface area (Å²) in [4.78, 5) is 49.5. The first-order valence-electron chi connectivity index (χ1n) is 7.96. The van der Waals surface area contributed by atoms with E-state index in [9.17, 15) is 14.4 Å². The molecular weight excluding hydrogens is 312 g/mol. The lowest BCUT2D eigenvalue weighted by atomic mass is 10.2. The van der Waals surface area contributed by atoms with E-state index in [0.29, 0.717) is 63.9 Å². The molecule has 3 rings (SSSR count). The minimum atomic E-state index is -0.113. The van der Waals surface area contributed by atoms with Gasteiger partial charge in [-0.05, 0) is 0 Å². The summed E-state index contributed by atoms with van der Waals surface area (Å²) in [5.74, 6) is 0.459. The molecule has 0 aliphatic carbocycles. The lowest BCUT2D eigenvalue weighted by Gasteiger charge is -2.33. The van der Waals surface area contributed by atoms with E-state index in [2.05, 4.69) is 9.97 Å². The summed E-state index contributed by atoms with van der Waals surface area (Å²) in [6.07, 6.45) is 4.75. The first-order valence-corrected chi connectivity index (χ1v) is 7.96. The van der Waals surface area contributed by atoms with Crippen molar-refractivity contribution in [1.29, 1.82) is 0 Å². The van der Waals surface area contributed by atoms with Gasteiger partial charge in [0.15, 0.2) is 0 Å². The Kier molecular flexibility index (Phi) is 4.88. The Bertz CT molecular complexity index is 592. The van der Waals surface area contributed by atoms with Gasteiger partial charge in [-0.1, -0.05) is 0 Å². The Balaban J connectivity index is 1.59. The van der Waals surface area contributed by atoms with Gasteiger partial charge in [-0.25, -0.2) is 9.97 Å². The van der Waals surface area contributed by atoms with E-state index in [1.165, 1.54) is 0 Å². The van der Waals surface area contributed by atoms with Gasteiger partial charge in [-0.15, -0.1) is 0 Å². The third-order valence-corrected chi connectivity index (χ3v) is 4.38. The van der Waals surface area contributed by atoms with Crippen molar-refractivity contribution in [3.8, 4) is 0 Å². The van der Waals surface area contributed by atoms with Crippen LogP contribution in [0.25, 0.3) is 0 Å². The molecule has 24 heavy (non-hydrogen) atoms. The molecule has 2 aliphatic rings. The van der Waals surface area contributed by atoms with Crippen LogP contribution in [0.5, 0.6) is 0 Å². The van der Waals surface area contributed by atoms with Crippen molar-refractivity contribution >= 4 is 24.7 Å². The fourth-order valence-corrected chi connectivity index (χ4v) is 2.84. The number of nitrogens with zero attached hydrogens (tertiary/aromatic N) is 6. The maximum Gasteiger partial charge on any atom is 0.257 e. The molecule has 0 unspecified atom stereocenters. The van der Waals surface area contributed by atoms with Gasteiger partial charge in [0.05, 0.1) is 5.56 Å². The van der Waals surface area contributed by atoms with Crippen molar-refractivity contribution < 1.29 is 14.4 Å². The Labute approximate surface area is 139 Å². The molecule has 0 spiro atoms. The Morgan fingerprint density at radius 3 is 1.83 bits per heavy atom. The highest BCUT2D eigenvalue weighted by Gasteiger charge is 2.23. The molecule has 0 aromatic carbocycles. The molecular formula is C15H20N6O3. The van der Waals surface area contributed by atoms with E-state index < -0.39 is 0 Å². The van der Waals surface area contributed by atoms with Crippen molar-refractivity contribution in [3.63, 3.8) is 0 Å². The van der Waals surface area contributed by atoms with Crippen LogP contribution < -0.4 is 4.90 Å². The van der Waals surface area contributed by atoms with E-state index in [1.807, 2.05) is 4.90 Å². The molecule has 2 saturated heterocycles. The van der Waals surface area contributed by atoms with Crippen LogP contribution in [-0.2, 0) is 9.59 Å². The fourth-order valence-electron chi connectivity index (χ4n) is 2.84. The van der Waals surface area contributed by atoms with Crippen LogP contribution in [0.2, 0.25) is 0 Å². The van der Waals surface area contributed by atoms with Gasteiger partial charge in [0, 0.05) is 64.8 Å². The van der Waals surface area contributed by atoms with E-state index in [1.54, 1.807) is 27.1 Å². The van der Waals surface area contributed by atoms with Crippen molar-refractivity contribution in [3.05, 3.63) is 18.0 Å². The van der Waals surface area contributed by atoms with Crippen molar-refractivity contribution in [2.24, 2.45) is 0 Å². The smallest absolute Gasteiger partial charge is 0.257 e.